The van der Waals surface area contributed by atoms with E-state index in [1.165, 1.54) is 12.3 Å². The first-order valence-electron chi connectivity index (χ1n) is 6.70. The van der Waals surface area contributed by atoms with Crippen molar-refractivity contribution in [3.05, 3.63) is 41.3 Å². The van der Waals surface area contributed by atoms with Gasteiger partial charge < -0.3 is 9.47 Å². The van der Waals surface area contributed by atoms with Crippen LogP contribution in [-0.4, -0.2) is 27.1 Å². The Bertz CT molecular complexity index is 613. The van der Waals surface area contributed by atoms with Gasteiger partial charge in [-0.15, -0.1) is 0 Å². The second-order valence-corrected chi connectivity index (χ2v) is 5.51. The van der Waals surface area contributed by atoms with Gasteiger partial charge in [0.2, 0.25) is 0 Å². The van der Waals surface area contributed by atoms with Crippen LogP contribution in [0.1, 0.15) is 18.7 Å². The first kappa shape index (κ1) is 13.4. The number of nitrogens with zero attached hydrogens (tertiary/aromatic N) is 4. The highest BCUT2D eigenvalue weighted by molar-refractivity contribution is 6.30. The molecular weight excluding hydrogens is 279 g/mol. The summed E-state index contributed by atoms with van der Waals surface area (Å²) in [6.45, 7) is 3.60. The minimum Gasteiger partial charge on any atom is -0.349 e. The lowest BCUT2D eigenvalue weighted by atomic mass is 10.2. The fraction of sp³-hybridized carbons (Fsp3) is 0.429. The van der Waals surface area contributed by atoms with Crippen LogP contribution in [0.4, 0.5) is 10.2 Å². The Morgan fingerprint density at radius 1 is 1.45 bits per heavy atom. The fourth-order valence-corrected chi connectivity index (χ4v) is 2.89. The fourth-order valence-electron chi connectivity index (χ4n) is 2.75. The van der Waals surface area contributed by atoms with Crippen LogP contribution >= 0.6 is 11.6 Å². The number of halogens is 2. The maximum atomic E-state index is 14.0. The number of imidazole rings is 1. The highest BCUT2D eigenvalue weighted by atomic mass is 35.5. The number of rotatable bonds is 3. The van der Waals surface area contributed by atoms with Crippen molar-refractivity contribution in [2.75, 3.05) is 11.4 Å². The number of anilines is 1. The first-order valence-corrected chi connectivity index (χ1v) is 7.08. The van der Waals surface area contributed by atoms with Crippen molar-refractivity contribution in [1.29, 1.82) is 0 Å². The van der Waals surface area contributed by atoms with Gasteiger partial charge in [-0.3, -0.25) is 0 Å². The van der Waals surface area contributed by atoms with E-state index in [0.717, 1.165) is 31.8 Å². The third-order valence-corrected chi connectivity index (χ3v) is 3.98. The Morgan fingerprint density at radius 3 is 3.00 bits per heavy atom. The van der Waals surface area contributed by atoms with Gasteiger partial charge in [-0.05, 0) is 25.8 Å². The molecule has 0 radical (unpaired) electrons. The van der Waals surface area contributed by atoms with Crippen molar-refractivity contribution >= 4 is 17.4 Å². The molecule has 20 heavy (non-hydrogen) atoms. The molecule has 1 fully saturated rings. The first-order chi connectivity index (χ1) is 9.65. The Kier molecular flexibility index (Phi) is 3.61. The van der Waals surface area contributed by atoms with E-state index in [9.17, 15) is 4.39 Å². The molecule has 3 rings (SSSR count). The average molecular weight is 295 g/mol. The van der Waals surface area contributed by atoms with Crippen LogP contribution in [0.15, 0.2) is 24.7 Å². The molecule has 1 aliphatic heterocycles. The van der Waals surface area contributed by atoms with E-state index in [0.29, 0.717) is 10.8 Å². The third kappa shape index (κ3) is 2.50. The number of pyridine rings is 1. The second-order valence-electron chi connectivity index (χ2n) is 5.08. The van der Waals surface area contributed by atoms with Gasteiger partial charge in [-0.25, -0.2) is 14.4 Å². The molecule has 0 amide bonds. The van der Waals surface area contributed by atoms with Crippen LogP contribution in [0.25, 0.3) is 0 Å². The van der Waals surface area contributed by atoms with Crippen LogP contribution in [0, 0.1) is 12.7 Å². The summed E-state index contributed by atoms with van der Waals surface area (Å²) in [5, 5.41) is 0.326. The quantitative estimate of drug-likeness (QED) is 0.872. The monoisotopic (exact) mass is 294 g/mol. The van der Waals surface area contributed by atoms with Crippen molar-refractivity contribution in [2.45, 2.75) is 32.4 Å². The maximum Gasteiger partial charge on any atom is 0.167 e. The molecule has 0 aliphatic carbocycles. The SMILES string of the molecule is Cc1nccn1C[C@@H]1CCCN1c1ncc(Cl)cc1F. The van der Waals surface area contributed by atoms with E-state index in [4.69, 9.17) is 11.6 Å². The summed E-state index contributed by atoms with van der Waals surface area (Å²) in [5.74, 6) is 1.02. The van der Waals surface area contributed by atoms with E-state index >= 15 is 0 Å². The normalized spacial score (nSPS) is 18.8. The van der Waals surface area contributed by atoms with Crippen molar-refractivity contribution in [1.82, 2.24) is 14.5 Å². The Morgan fingerprint density at radius 2 is 2.30 bits per heavy atom. The van der Waals surface area contributed by atoms with Gasteiger partial charge in [-0.1, -0.05) is 11.6 Å². The molecule has 106 valence electrons. The lowest BCUT2D eigenvalue weighted by molar-refractivity contribution is 0.527. The number of aromatic nitrogens is 3. The second kappa shape index (κ2) is 5.40. The minimum atomic E-state index is -0.355. The van der Waals surface area contributed by atoms with Crippen LogP contribution in [0.2, 0.25) is 5.02 Å². The van der Waals surface area contributed by atoms with Gasteiger partial charge >= 0.3 is 0 Å². The molecule has 1 aliphatic rings. The summed E-state index contributed by atoms with van der Waals surface area (Å²) in [5.41, 5.74) is 0. The van der Waals surface area contributed by atoms with Crippen LogP contribution in [0.5, 0.6) is 0 Å². The number of aryl methyl sites for hydroxylation is 1. The molecule has 2 aromatic rings. The van der Waals surface area contributed by atoms with Gasteiger partial charge in [0, 0.05) is 37.7 Å². The van der Waals surface area contributed by atoms with Crippen molar-refractivity contribution in [3.8, 4) is 0 Å². The summed E-state index contributed by atoms with van der Waals surface area (Å²) >= 11 is 5.76. The zero-order valence-electron chi connectivity index (χ0n) is 11.3. The number of hydrogen-bond donors (Lipinski definition) is 0. The van der Waals surface area contributed by atoms with Crippen molar-refractivity contribution in [2.24, 2.45) is 0 Å². The Hall–Kier alpha value is -1.62. The minimum absolute atomic E-state index is 0.242. The Labute approximate surface area is 122 Å². The zero-order chi connectivity index (χ0) is 14.1. The molecule has 1 atom stereocenters. The number of hydrogen-bond acceptors (Lipinski definition) is 3. The summed E-state index contributed by atoms with van der Waals surface area (Å²) in [6, 6.07) is 1.56. The largest absolute Gasteiger partial charge is 0.349 e. The van der Waals surface area contributed by atoms with Gasteiger partial charge in [0.15, 0.2) is 11.6 Å². The van der Waals surface area contributed by atoms with Gasteiger partial charge in [-0.2, -0.15) is 0 Å². The third-order valence-electron chi connectivity index (χ3n) is 3.77. The lowest BCUT2D eigenvalue weighted by Crippen LogP contribution is -2.34. The van der Waals surface area contributed by atoms with E-state index in [-0.39, 0.29) is 11.9 Å². The molecule has 3 heterocycles. The summed E-state index contributed by atoms with van der Waals surface area (Å²) in [6.07, 6.45) is 7.31. The zero-order valence-corrected chi connectivity index (χ0v) is 12.0. The predicted molar refractivity (Wildman–Crippen MR) is 76.5 cm³/mol. The molecule has 0 saturated carbocycles. The smallest absolute Gasteiger partial charge is 0.167 e. The Balaban J connectivity index is 1.83. The molecular formula is C14H16ClFN4. The average Bonchev–Trinajstić information content (AvgIpc) is 3.01. The van der Waals surface area contributed by atoms with E-state index in [2.05, 4.69) is 14.5 Å². The summed E-state index contributed by atoms with van der Waals surface area (Å²) < 4.78 is 16.1. The predicted octanol–water partition coefficient (Wildman–Crippen LogP) is 3.05. The standard InChI is InChI=1S/C14H16ClFN4/c1-10-17-4-6-19(10)9-12-3-2-5-20(12)14-13(16)7-11(15)8-18-14/h4,6-8,12H,2-3,5,9H2,1H3/t12-/m0/s1. The summed E-state index contributed by atoms with van der Waals surface area (Å²) in [4.78, 5) is 10.4. The molecule has 1 saturated heterocycles. The molecule has 4 nitrogen and oxygen atoms in total. The molecule has 0 unspecified atom stereocenters. The van der Waals surface area contributed by atoms with E-state index in [1.54, 1.807) is 6.20 Å². The molecule has 6 heteroatoms. The van der Waals surface area contributed by atoms with Crippen molar-refractivity contribution < 1.29 is 4.39 Å². The highest BCUT2D eigenvalue weighted by Crippen LogP contribution is 2.28. The van der Waals surface area contributed by atoms with Crippen LogP contribution < -0.4 is 4.90 Å². The highest BCUT2D eigenvalue weighted by Gasteiger charge is 2.28. The van der Waals surface area contributed by atoms with Crippen LogP contribution in [-0.2, 0) is 6.54 Å². The topological polar surface area (TPSA) is 34.0 Å². The van der Waals surface area contributed by atoms with Gasteiger partial charge in [0.1, 0.15) is 5.82 Å². The van der Waals surface area contributed by atoms with Gasteiger partial charge in [0.25, 0.3) is 0 Å². The molecule has 2 aromatic heterocycles. The summed E-state index contributed by atoms with van der Waals surface area (Å²) in [7, 11) is 0. The van der Waals surface area contributed by atoms with Crippen molar-refractivity contribution in [3.63, 3.8) is 0 Å². The molecule has 0 bridgehead atoms. The van der Waals surface area contributed by atoms with Gasteiger partial charge in [0.05, 0.1) is 5.02 Å². The molecule has 0 N–H and O–H groups in total. The van der Waals surface area contributed by atoms with E-state index < -0.39 is 0 Å². The van der Waals surface area contributed by atoms with Crippen LogP contribution in [0.3, 0.4) is 0 Å². The van der Waals surface area contributed by atoms with E-state index in [1.807, 2.05) is 18.0 Å². The lowest BCUT2D eigenvalue weighted by Gasteiger charge is -2.26. The molecule has 0 aromatic carbocycles. The molecule has 0 spiro atoms. The maximum absolute atomic E-state index is 14.0.